The molecule has 4 nitrogen and oxygen atoms in total. The average Bonchev–Trinajstić information content (AvgIpc) is 3.29. The van der Waals surface area contributed by atoms with E-state index in [1.165, 1.54) is 54.6 Å². The van der Waals surface area contributed by atoms with E-state index in [1.807, 2.05) is 0 Å². The first-order valence-corrected chi connectivity index (χ1v) is 8.35. The second-order valence-electron chi connectivity index (χ2n) is 6.13. The number of halogens is 4. The van der Waals surface area contributed by atoms with Crippen molar-refractivity contribution < 1.29 is 31.5 Å². The largest absolute Gasteiger partial charge is 0.457 e. The lowest BCUT2D eigenvalue weighted by molar-refractivity contribution is -0.137. The van der Waals surface area contributed by atoms with Gasteiger partial charge in [-0.3, -0.25) is 0 Å². The number of nitrogens with zero attached hydrogens (tertiary/aromatic N) is 1. The van der Waals surface area contributed by atoms with Crippen molar-refractivity contribution >= 4 is 17.9 Å². The molecule has 0 amide bonds. The minimum atomic E-state index is -4.47. The van der Waals surface area contributed by atoms with E-state index < -0.39 is 23.5 Å². The van der Waals surface area contributed by atoms with Gasteiger partial charge in [-0.05, 0) is 42.5 Å². The van der Waals surface area contributed by atoms with E-state index >= 15 is 0 Å². The Morgan fingerprint density at radius 2 is 1.69 bits per heavy atom. The first-order valence-electron chi connectivity index (χ1n) is 8.35. The molecule has 3 aromatic rings. The number of cyclic esters (lactones) is 1. The number of esters is 1. The third-order valence-electron chi connectivity index (χ3n) is 4.07. The second-order valence-corrected chi connectivity index (χ2v) is 6.13. The van der Waals surface area contributed by atoms with Gasteiger partial charge in [-0.1, -0.05) is 18.2 Å². The van der Waals surface area contributed by atoms with E-state index in [0.717, 1.165) is 12.1 Å². The van der Waals surface area contributed by atoms with Crippen LogP contribution in [0.25, 0.3) is 17.4 Å². The third kappa shape index (κ3) is 3.96. The quantitative estimate of drug-likeness (QED) is 0.333. The molecule has 0 spiro atoms. The molecule has 0 radical (unpaired) electrons. The highest BCUT2D eigenvalue weighted by atomic mass is 19.4. The van der Waals surface area contributed by atoms with E-state index in [1.54, 1.807) is 0 Å². The molecule has 0 fully saturated rings. The first kappa shape index (κ1) is 18.7. The van der Waals surface area contributed by atoms with E-state index in [2.05, 4.69) is 4.99 Å². The fourth-order valence-electron chi connectivity index (χ4n) is 2.72. The Balaban J connectivity index is 1.62. The van der Waals surface area contributed by atoms with Crippen LogP contribution in [0.2, 0.25) is 0 Å². The van der Waals surface area contributed by atoms with Gasteiger partial charge in [0.05, 0.1) is 5.56 Å². The molecule has 4 rings (SSSR count). The van der Waals surface area contributed by atoms with Crippen LogP contribution in [-0.4, -0.2) is 11.9 Å². The van der Waals surface area contributed by atoms with Crippen molar-refractivity contribution in [3.05, 3.63) is 89.1 Å². The summed E-state index contributed by atoms with van der Waals surface area (Å²) in [4.78, 5) is 16.0. The Hall–Kier alpha value is -3.68. The van der Waals surface area contributed by atoms with Crippen molar-refractivity contribution in [1.82, 2.24) is 0 Å². The number of hydrogen-bond donors (Lipinski definition) is 0. The predicted octanol–water partition coefficient (Wildman–Crippen LogP) is 5.45. The summed E-state index contributed by atoms with van der Waals surface area (Å²) in [5.41, 5.74) is -0.336. The molecule has 8 heteroatoms. The molecule has 1 aromatic heterocycles. The number of rotatable bonds is 3. The van der Waals surface area contributed by atoms with E-state index in [-0.39, 0.29) is 28.7 Å². The second kappa shape index (κ2) is 7.05. The topological polar surface area (TPSA) is 51.8 Å². The third-order valence-corrected chi connectivity index (χ3v) is 4.07. The van der Waals surface area contributed by atoms with Gasteiger partial charge in [0, 0.05) is 17.2 Å². The lowest BCUT2D eigenvalue weighted by Crippen LogP contribution is -2.05. The number of hydrogen-bond acceptors (Lipinski definition) is 4. The lowest BCUT2D eigenvalue weighted by atomic mass is 10.1. The average molecular weight is 401 g/mol. The van der Waals surface area contributed by atoms with Crippen LogP contribution in [0.15, 0.2) is 75.8 Å². The van der Waals surface area contributed by atoms with Crippen LogP contribution in [0.3, 0.4) is 0 Å². The SMILES string of the molecule is O=C1OC(c2cccc(F)c2)=NC1=Cc1ccc(-c2cccc(C(F)(F)F)c2)o1. The molecule has 0 unspecified atom stereocenters. The van der Waals surface area contributed by atoms with Gasteiger partial charge < -0.3 is 9.15 Å². The number of aliphatic imine (C=N–C) groups is 1. The molecule has 1 aliphatic heterocycles. The number of benzene rings is 2. The van der Waals surface area contributed by atoms with Crippen molar-refractivity contribution in [3.63, 3.8) is 0 Å². The molecule has 0 saturated carbocycles. The Morgan fingerprint density at radius 3 is 2.45 bits per heavy atom. The van der Waals surface area contributed by atoms with Crippen molar-refractivity contribution in [1.29, 1.82) is 0 Å². The number of alkyl halides is 3. The zero-order valence-electron chi connectivity index (χ0n) is 14.5. The minimum absolute atomic E-state index is 0.0505. The number of carbonyl (C=O) groups is 1. The molecule has 146 valence electrons. The molecule has 0 atom stereocenters. The highest BCUT2D eigenvalue weighted by molar-refractivity contribution is 6.12. The zero-order chi connectivity index (χ0) is 20.6. The summed E-state index contributed by atoms with van der Waals surface area (Å²) in [6.45, 7) is 0. The lowest BCUT2D eigenvalue weighted by Gasteiger charge is -2.07. The van der Waals surface area contributed by atoms with Crippen molar-refractivity contribution in [3.8, 4) is 11.3 Å². The van der Waals surface area contributed by atoms with Gasteiger partial charge in [0.2, 0.25) is 5.90 Å². The Kier molecular flexibility index (Phi) is 4.54. The molecule has 2 heterocycles. The molecule has 1 aliphatic rings. The summed E-state index contributed by atoms with van der Waals surface area (Å²) < 4.78 is 62.5. The van der Waals surface area contributed by atoms with Crippen LogP contribution in [0.5, 0.6) is 0 Å². The van der Waals surface area contributed by atoms with Gasteiger partial charge in [-0.25, -0.2) is 14.2 Å². The predicted molar refractivity (Wildman–Crippen MR) is 96.2 cm³/mol. The summed E-state index contributed by atoms with van der Waals surface area (Å²) in [5.74, 6) is -0.903. The van der Waals surface area contributed by atoms with Crippen LogP contribution in [0.1, 0.15) is 16.9 Å². The monoisotopic (exact) mass is 401 g/mol. The summed E-state index contributed by atoms with van der Waals surface area (Å²) >= 11 is 0. The maximum atomic E-state index is 13.3. The van der Waals surface area contributed by atoms with E-state index in [9.17, 15) is 22.4 Å². The number of ether oxygens (including phenoxy) is 1. The Morgan fingerprint density at radius 1 is 0.931 bits per heavy atom. The van der Waals surface area contributed by atoms with Gasteiger partial charge in [0.1, 0.15) is 17.3 Å². The van der Waals surface area contributed by atoms with Crippen molar-refractivity contribution in [2.24, 2.45) is 4.99 Å². The summed E-state index contributed by atoms with van der Waals surface area (Å²) in [6.07, 6.45) is -3.17. The molecule has 0 N–H and O–H groups in total. The van der Waals surface area contributed by atoms with Gasteiger partial charge >= 0.3 is 12.1 Å². The van der Waals surface area contributed by atoms with Crippen LogP contribution < -0.4 is 0 Å². The molecule has 0 bridgehead atoms. The fourth-order valence-corrected chi connectivity index (χ4v) is 2.72. The zero-order valence-corrected chi connectivity index (χ0v) is 14.5. The van der Waals surface area contributed by atoms with Gasteiger partial charge in [0.25, 0.3) is 0 Å². The van der Waals surface area contributed by atoms with Gasteiger partial charge in [0.15, 0.2) is 5.70 Å². The van der Waals surface area contributed by atoms with E-state index in [4.69, 9.17) is 9.15 Å². The maximum absolute atomic E-state index is 13.3. The Labute approximate surface area is 161 Å². The highest BCUT2D eigenvalue weighted by Crippen LogP contribution is 2.33. The van der Waals surface area contributed by atoms with E-state index in [0.29, 0.717) is 5.56 Å². The number of furan rings is 1. The van der Waals surface area contributed by atoms with Crippen LogP contribution in [-0.2, 0) is 15.7 Å². The normalized spacial score (nSPS) is 15.5. The maximum Gasteiger partial charge on any atom is 0.416 e. The van der Waals surface area contributed by atoms with Crippen molar-refractivity contribution in [2.75, 3.05) is 0 Å². The highest BCUT2D eigenvalue weighted by Gasteiger charge is 2.30. The number of carbonyl (C=O) groups excluding carboxylic acids is 1. The van der Waals surface area contributed by atoms with Gasteiger partial charge in [-0.2, -0.15) is 13.2 Å². The summed E-state index contributed by atoms with van der Waals surface area (Å²) in [7, 11) is 0. The summed E-state index contributed by atoms with van der Waals surface area (Å²) in [5, 5.41) is 0. The minimum Gasteiger partial charge on any atom is -0.457 e. The molecular formula is C21H11F4NO3. The molecular weight excluding hydrogens is 390 g/mol. The molecule has 0 saturated heterocycles. The summed E-state index contributed by atoms with van der Waals surface area (Å²) in [6, 6.07) is 13.1. The van der Waals surface area contributed by atoms with Crippen LogP contribution >= 0.6 is 0 Å². The Bertz CT molecular complexity index is 1160. The molecule has 0 aliphatic carbocycles. The standard InChI is InChI=1S/C21H11F4NO3/c22-15-6-2-4-13(10-15)19-26-17(20(27)29-19)11-16-7-8-18(28-16)12-3-1-5-14(9-12)21(23,24)25/h1-11H. The van der Waals surface area contributed by atoms with Crippen LogP contribution in [0, 0.1) is 5.82 Å². The van der Waals surface area contributed by atoms with Crippen LogP contribution in [0.4, 0.5) is 17.6 Å². The first-order chi connectivity index (χ1) is 13.8. The fraction of sp³-hybridized carbons (Fsp3) is 0.0476. The van der Waals surface area contributed by atoms with Gasteiger partial charge in [-0.15, -0.1) is 0 Å². The molecule has 29 heavy (non-hydrogen) atoms. The smallest absolute Gasteiger partial charge is 0.416 e. The van der Waals surface area contributed by atoms with Crippen molar-refractivity contribution in [2.45, 2.75) is 6.18 Å². The molecule has 2 aromatic carbocycles.